The highest BCUT2D eigenvalue weighted by molar-refractivity contribution is 9.10. The van der Waals surface area contributed by atoms with E-state index in [1.807, 2.05) is 25.1 Å². The number of anilines is 2. The molecule has 4 amide bonds. The lowest BCUT2D eigenvalue weighted by atomic mass is 9.76. The van der Waals surface area contributed by atoms with E-state index in [0.717, 1.165) is 4.47 Å². The van der Waals surface area contributed by atoms with Crippen molar-refractivity contribution in [3.05, 3.63) is 58.6 Å². The molecule has 0 unspecified atom stereocenters. The van der Waals surface area contributed by atoms with Gasteiger partial charge >= 0.3 is 0 Å². The van der Waals surface area contributed by atoms with Crippen LogP contribution in [0.25, 0.3) is 0 Å². The number of ether oxygens (including phenoxy) is 1. The standard InChI is InChI=1S/C26H25BrN4O5/c1-15-21-22(24(34)31(23(21)33)17-8-6-16(27)7-9-17)26(28-15)18-4-2-3-5-19(18)30(25(26)35)14-20(32)29-10-12-36-13-11-29/h2-9,15,21-22,28H,10-14H2,1H3/t15-,21-,22-,26-/m0/s1. The first kappa shape index (κ1) is 23.3. The summed E-state index contributed by atoms with van der Waals surface area (Å²) in [6, 6.07) is 13.8. The molecule has 6 rings (SSSR count). The average Bonchev–Trinajstić information content (AvgIpc) is 3.43. The Balaban J connectivity index is 1.40. The third-order valence-corrected chi connectivity index (χ3v) is 8.28. The van der Waals surface area contributed by atoms with Crippen molar-refractivity contribution in [3.63, 3.8) is 0 Å². The quantitative estimate of drug-likeness (QED) is 0.581. The van der Waals surface area contributed by atoms with Gasteiger partial charge in [0.25, 0.3) is 5.91 Å². The lowest BCUT2D eigenvalue weighted by molar-refractivity contribution is -0.136. The molecule has 9 nitrogen and oxygen atoms in total. The first-order valence-electron chi connectivity index (χ1n) is 12.0. The minimum atomic E-state index is -1.41. The Morgan fingerprint density at radius 3 is 2.47 bits per heavy atom. The number of carbonyl (C=O) groups is 4. The van der Waals surface area contributed by atoms with Crippen LogP contribution in [-0.2, 0) is 29.5 Å². The molecule has 4 aliphatic heterocycles. The van der Waals surface area contributed by atoms with Gasteiger partial charge in [0.2, 0.25) is 17.7 Å². The molecule has 4 atom stereocenters. The Hall–Kier alpha value is -3.08. The number of imide groups is 1. The third kappa shape index (κ3) is 3.21. The SMILES string of the molecule is C[C@@H]1N[C@]2(C(=O)N(CC(=O)N3CCOCC3)c3ccccc32)[C@@H]2C(=O)N(c3ccc(Br)cc3)C(=O)[C@@H]12. The summed E-state index contributed by atoms with van der Waals surface area (Å²) in [6.07, 6.45) is 0. The van der Waals surface area contributed by atoms with Gasteiger partial charge in [-0.25, -0.2) is 4.90 Å². The third-order valence-electron chi connectivity index (χ3n) is 7.76. The molecule has 2 aromatic carbocycles. The highest BCUT2D eigenvalue weighted by Gasteiger charge is 2.71. The molecule has 1 N–H and O–H groups in total. The van der Waals surface area contributed by atoms with Crippen molar-refractivity contribution in [1.29, 1.82) is 0 Å². The molecule has 3 saturated heterocycles. The summed E-state index contributed by atoms with van der Waals surface area (Å²) in [5.41, 5.74) is 0.279. The Morgan fingerprint density at radius 2 is 1.75 bits per heavy atom. The smallest absolute Gasteiger partial charge is 0.253 e. The van der Waals surface area contributed by atoms with Gasteiger partial charge in [0.15, 0.2) is 0 Å². The van der Waals surface area contributed by atoms with E-state index in [2.05, 4.69) is 21.2 Å². The lowest BCUT2D eigenvalue weighted by Crippen LogP contribution is -2.56. The Bertz CT molecular complexity index is 1280. The number of hydrogen-bond acceptors (Lipinski definition) is 6. The molecule has 186 valence electrons. The lowest BCUT2D eigenvalue weighted by Gasteiger charge is -2.31. The van der Waals surface area contributed by atoms with E-state index in [1.54, 1.807) is 35.2 Å². The van der Waals surface area contributed by atoms with Crippen molar-refractivity contribution < 1.29 is 23.9 Å². The number of morpholine rings is 1. The molecule has 0 aromatic heterocycles. The number of halogens is 1. The highest BCUT2D eigenvalue weighted by Crippen LogP contribution is 2.55. The zero-order valence-electron chi connectivity index (χ0n) is 19.6. The van der Waals surface area contributed by atoms with Crippen molar-refractivity contribution in [2.45, 2.75) is 18.5 Å². The van der Waals surface area contributed by atoms with Crippen LogP contribution >= 0.6 is 15.9 Å². The van der Waals surface area contributed by atoms with Gasteiger partial charge in [-0.1, -0.05) is 34.1 Å². The number of carbonyl (C=O) groups excluding carboxylic acids is 4. The van der Waals surface area contributed by atoms with Crippen molar-refractivity contribution >= 4 is 50.9 Å². The van der Waals surface area contributed by atoms with Crippen LogP contribution in [0, 0.1) is 11.8 Å². The van der Waals surface area contributed by atoms with Gasteiger partial charge in [-0.3, -0.25) is 24.5 Å². The number of fused-ring (bicyclic) bond motifs is 4. The van der Waals surface area contributed by atoms with Crippen LogP contribution in [0.1, 0.15) is 12.5 Å². The molecule has 0 bridgehead atoms. The van der Waals surface area contributed by atoms with E-state index in [1.165, 1.54) is 9.80 Å². The van der Waals surface area contributed by atoms with Gasteiger partial charge in [-0.15, -0.1) is 0 Å². The molecule has 4 aliphatic rings. The molecule has 0 radical (unpaired) electrons. The van der Waals surface area contributed by atoms with Crippen molar-refractivity contribution in [2.24, 2.45) is 11.8 Å². The van der Waals surface area contributed by atoms with E-state index in [0.29, 0.717) is 43.2 Å². The largest absolute Gasteiger partial charge is 0.378 e. The molecule has 0 aliphatic carbocycles. The number of amides is 4. The number of hydrogen-bond donors (Lipinski definition) is 1. The number of rotatable bonds is 3. The van der Waals surface area contributed by atoms with Crippen LogP contribution in [0.5, 0.6) is 0 Å². The summed E-state index contributed by atoms with van der Waals surface area (Å²) in [5, 5.41) is 3.35. The molecular formula is C26H25BrN4O5. The molecule has 1 spiro atoms. The van der Waals surface area contributed by atoms with Crippen molar-refractivity contribution in [1.82, 2.24) is 10.2 Å². The predicted molar refractivity (Wildman–Crippen MR) is 134 cm³/mol. The van der Waals surface area contributed by atoms with Gasteiger partial charge < -0.3 is 14.5 Å². The molecular weight excluding hydrogens is 528 g/mol. The second kappa shape index (κ2) is 8.50. The molecule has 36 heavy (non-hydrogen) atoms. The molecule has 2 aromatic rings. The van der Waals surface area contributed by atoms with Crippen LogP contribution in [0.4, 0.5) is 11.4 Å². The van der Waals surface area contributed by atoms with Crippen LogP contribution in [0.15, 0.2) is 53.0 Å². The first-order valence-corrected chi connectivity index (χ1v) is 12.8. The van der Waals surface area contributed by atoms with Crippen LogP contribution in [0.2, 0.25) is 0 Å². The zero-order valence-corrected chi connectivity index (χ0v) is 21.2. The minimum Gasteiger partial charge on any atom is -0.378 e. The summed E-state index contributed by atoms with van der Waals surface area (Å²) in [6.45, 7) is 3.58. The second-order valence-electron chi connectivity index (χ2n) is 9.63. The maximum absolute atomic E-state index is 14.2. The molecule has 10 heteroatoms. The fourth-order valence-corrected chi connectivity index (χ4v) is 6.42. The van der Waals surface area contributed by atoms with Gasteiger partial charge in [-0.05, 0) is 37.3 Å². The van der Waals surface area contributed by atoms with Gasteiger partial charge in [0.1, 0.15) is 12.1 Å². The predicted octanol–water partition coefficient (Wildman–Crippen LogP) is 1.65. The average molecular weight is 553 g/mol. The number of nitrogens with zero attached hydrogens (tertiary/aromatic N) is 3. The topological polar surface area (TPSA) is 99.3 Å². The Kier molecular flexibility index (Phi) is 5.51. The van der Waals surface area contributed by atoms with Crippen LogP contribution < -0.4 is 15.1 Å². The van der Waals surface area contributed by atoms with Gasteiger partial charge in [0.05, 0.1) is 30.7 Å². The van der Waals surface area contributed by atoms with Crippen LogP contribution in [-0.4, -0.2) is 67.4 Å². The van der Waals surface area contributed by atoms with E-state index >= 15 is 0 Å². The first-order chi connectivity index (χ1) is 17.3. The van der Waals surface area contributed by atoms with E-state index in [-0.39, 0.29) is 24.3 Å². The highest BCUT2D eigenvalue weighted by atomic mass is 79.9. The number of benzene rings is 2. The summed E-state index contributed by atoms with van der Waals surface area (Å²) in [4.78, 5) is 59.2. The molecule has 0 saturated carbocycles. The number of nitrogens with one attached hydrogen (secondary N) is 1. The van der Waals surface area contributed by atoms with Crippen LogP contribution in [0.3, 0.4) is 0 Å². The van der Waals surface area contributed by atoms with Gasteiger partial charge in [-0.2, -0.15) is 0 Å². The summed E-state index contributed by atoms with van der Waals surface area (Å²) >= 11 is 3.39. The summed E-state index contributed by atoms with van der Waals surface area (Å²) < 4.78 is 6.18. The monoisotopic (exact) mass is 552 g/mol. The van der Waals surface area contributed by atoms with E-state index in [9.17, 15) is 19.2 Å². The van der Waals surface area contributed by atoms with E-state index < -0.39 is 29.3 Å². The fourth-order valence-electron chi connectivity index (χ4n) is 6.16. The normalized spacial score (nSPS) is 29.3. The molecule has 4 heterocycles. The summed E-state index contributed by atoms with van der Waals surface area (Å²) in [5.74, 6) is -2.89. The van der Waals surface area contributed by atoms with E-state index in [4.69, 9.17) is 4.74 Å². The zero-order chi connectivity index (χ0) is 25.2. The Morgan fingerprint density at radius 1 is 1.06 bits per heavy atom. The van der Waals surface area contributed by atoms with Crippen molar-refractivity contribution in [3.8, 4) is 0 Å². The fraction of sp³-hybridized carbons (Fsp3) is 0.385. The number of para-hydroxylation sites is 1. The summed E-state index contributed by atoms with van der Waals surface area (Å²) in [7, 11) is 0. The minimum absolute atomic E-state index is 0.135. The maximum Gasteiger partial charge on any atom is 0.253 e. The maximum atomic E-state index is 14.2. The molecule has 3 fully saturated rings. The van der Waals surface area contributed by atoms with Crippen molar-refractivity contribution in [2.75, 3.05) is 42.6 Å². The Labute approximate surface area is 216 Å². The van der Waals surface area contributed by atoms with Gasteiger partial charge in [0, 0.05) is 34.9 Å². The second-order valence-corrected chi connectivity index (χ2v) is 10.6.